The van der Waals surface area contributed by atoms with Crippen LogP contribution in [0.5, 0.6) is 11.5 Å². The highest BCUT2D eigenvalue weighted by Crippen LogP contribution is 2.30. The van der Waals surface area contributed by atoms with Gasteiger partial charge in [0.15, 0.2) is 11.5 Å². The summed E-state index contributed by atoms with van der Waals surface area (Å²) in [5.74, 6) is -2.80. The van der Waals surface area contributed by atoms with Crippen molar-refractivity contribution in [2.45, 2.75) is 19.4 Å². The van der Waals surface area contributed by atoms with Gasteiger partial charge in [0.2, 0.25) is 0 Å². The summed E-state index contributed by atoms with van der Waals surface area (Å²) in [7, 11) is 1.58. The summed E-state index contributed by atoms with van der Waals surface area (Å²) >= 11 is 0. The maximum absolute atomic E-state index is 9.90. The van der Waals surface area contributed by atoms with Crippen LogP contribution in [0.25, 0.3) is 0 Å². The third kappa shape index (κ3) is 5.31. The van der Waals surface area contributed by atoms with E-state index in [1.807, 2.05) is 12.1 Å². The van der Waals surface area contributed by atoms with Crippen LogP contribution in [-0.2, 0) is 16.1 Å². The third-order valence-electron chi connectivity index (χ3n) is 3.08. The van der Waals surface area contributed by atoms with Crippen LogP contribution in [-0.4, -0.2) is 52.4 Å². The lowest BCUT2D eigenvalue weighted by Crippen LogP contribution is -2.18. The van der Waals surface area contributed by atoms with Crippen molar-refractivity contribution in [2.24, 2.45) is 0 Å². The number of phenols is 1. The summed E-state index contributed by atoms with van der Waals surface area (Å²) in [6.07, 6.45) is 2.54. The van der Waals surface area contributed by atoms with E-state index < -0.39 is 11.9 Å². The maximum Gasteiger partial charge on any atom is 0.414 e. The summed E-state index contributed by atoms with van der Waals surface area (Å²) < 4.78 is 5.08. The molecular weight excluding hydrogens is 278 g/mol. The predicted molar refractivity (Wildman–Crippen MR) is 74.4 cm³/mol. The summed E-state index contributed by atoms with van der Waals surface area (Å²) in [5.41, 5.74) is 0.955. The number of likely N-dealkylation sites (tertiary alicyclic amines) is 1. The number of para-hydroxylation sites is 1. The Bertz CT molecular complexity index is 484. The summed E-state index contributed by atoms with van der Waals surface area (Å²) in [6.45, 7) is 3.09. The minimum Gasteiger partial charge on any atom is -0.504 e. The molecule has 0 saturated carbocycles. The largest absolute Gasteiger partial charge is 0.504 e. The Morgan fingerprint density at radius 3 is 2.24 bits per heavy atom. The monoisotopic (exact) mass is 297 g/mol. The summed E-state index contributed by atoms with van der Waals surface area (Å²) in [4.78, 5) is 20.6. The van der Waals surface area contributed by atoms with Crippen LogP contribution in [0, 0.1) is 0 Å². The molecule has 0 atom stereocenters. The number of ether oxygens (including phenoxy) is 1. The van der Waals surface area contributed by atoms with Crippen LogP contribution in [0.1, 0.15) is 18.4 Å². The van der Waals surface area contributed by atoms with E-state index in [0.717, 1.165) is 25.2 Å². The van der Waals surface area contributed by atoms with Crippen LogP contribution >= 0.6 is 0 Å². The number of phenolic OH excluding ortho intramolecular Hbond substituents is 1. The van der Waals surface area contributed by atoms with Gasteiger partial charge in [-0.3, -0.25) is 4.90 Å². The van der Waals surface area contributed by atoms with Crippen molar-refractivity contribution in [3.63, 3.8) is 0 Å². The second-order valence-corrected chi connectivity index (χ2v) is 4.56. The minimum absolute atomic E-state index is 0.284. The van der Waals surface area contributed by atoms with Gasteiger partial charge in [-0.25, -0.2) is 9.59 Å². The Morgan fingerprint density at radius 2 is 1.76 bits per heavy atom. The molecule has 1 aliphatic heterocycles. The SMILES string of the molecule is COc1cccc(CN2CCCC2)c1O.O=C(O)C(=O)O. The highest BCUT2D eigenvalue weighted by atomic mass is 16.5. The van der Waals surface area contributed by atoms with Gasteiger partial charge in [0.1, 0.15) is 0 Å². The van der Waals surface area contributed by atoms with E-state index in [9.17, 15) is 5.11 Å². The van der Waals surface area contributed by atoms with Crippen molar-refractivity contribution >= 4 is 11.9 Å². The molecule has 3 N–H and O–H groups in total. The summed E-state index contributed by atoms with van der Waals surface area (Å²) in [5, 5.41) is 24.7. The van der Waals surface area contributed by atoms with Crippen molar-refractivity contribution in [3.8, 4) is 11.5 Å². The van der Waals surface area contributed by atoms with Crippen molar-refractivity contribution in [1.29, 1.82) is 0 Å². The van der Waals surface area contributed by atoms with Crippen molar-refractivity contribution in [2.75, 3.05) is 20.2 Å². The highest BCUT2D eigenvalue weighted by Gasteiger charge is 2.15. The zero-order valence-electron chi connectivity index (χ0n) is 11.8. The molecule has 2 rings (SSSR count). The number of hydrogen-bond donors (Lipinski definition) is 3. The second kappa shape index (κ2) is 8.11. The third-order valence-corrected chi connectivity index (χ3v) is 3.08. The lowest BCUT2D eigenvalue weighted by molar-refractivity contribution is -0.159. The normalized spacial score (nSPS) is 14.1. The highest BCUT2D eigenvalue weighted by molar-refractivity contribution is 6.27. The topological polar surface area (TPSA) is 107 Å². The Hall–Kier alpha value is -2.28. The number of hydrogen-bond acceptors (Lipinski definition) is 5. The fourth-order valence-corrected chi connectivity index (χ4v) is 2.04. The van der Waals surface area contributed by atoms with Crippen molar-refractivity contribution < 1.29 is 29.6 Å². The van der Waals surface area contributed by atoms with E-state index in [1.165, 1.54) is 12.8 Å². The van der Waals surface area contributed by atoms with Gasteiger partial charge in [-0.1, -0.05) is 12.1 Å². The van der Waals surface area contributed by atoms with Gasteiger partial charge in [-0.2, -0.15) is 0 Å². The molecule has 1 aromatic rings. The molecule has 7 nitrogen and oxygen atoms in total. The quantitative estimate of drug-likeness (QED) is 0.718. The molecule has 116 valence electrons. The fraction of sp³-hybridized carbons (Fsp3) is 0.429. The van der Waals surface area contributed by atoms with Gasteiger partial charge in [-0.05, 0) is 32.0 Å². The molecule has 0 unspecified atom stereocenters. The van der Waals surface area contributed by atoms with Crippen LogP contribution in [0.2, 0.25) is 0 Å². The Kier molecular flexibility index (Phi) is 6.48. The number of aliphatic carboxylic acids is 2. The second-order valence-electron chi connectivity index (χ2n) is 4.56. The van der Waals surface area contributed by atoms with Gasteiger partial charge in [-0.15, -0.1) is 0 Å². The molecule has 0 spiro atoms. The molecule has 1 saturated heterocycles. The Morgan fingerprint density at radius 1 is 1.19 bits per heavy atom. The molecule has 7 heteroatoms. The van der Waals surface area contributed by atoms with Gasteiger partial charge in [0, 0.05) is 12.1 Å². The smallest absolute Gasteiger partial charge is 0.414 e. The van der Waals surface area contributed by atoms with Crippen LogP contribution < -0.4 is 4.74 Å². The Balaban J connectivity index is 0.000000315. The number of methoxy groups -OCH3 is 1. The number of carboxylic acid groups (broad SMARTS) is 2. The number of nitrogens with zero attached hydrogens (tertiary/aromatic N) is 1. The van der Waals surface area contributed by atoms with Gasteiger partial charge in [0.25, 0.3) is 0 Å². The molecule has 0 bridgehead atoms. The predicted octanol–water partition coefficient (Wildman–Crippen LogP) is 1.15. The molecule has 1 aliphatic rings. The molecule has 21 heavy (non-hydrogen) atoms. The number of rotatable bonds is 3. The van der Waals surface area contributed by atoms with Gasteiger partial charge >= 0.3 is 11.9 Å². The number of carboxylic acids is 2. The van der Waals surface area contributed by atoms with E-state index in [0.29, 0.717) is 5.75 Å². The summed E-state index contributed by atoms with van der Waals surface area (Å²) in [6, 6.07) is 5.66. The minimum atomic E-state index is -1.82. The van der Waals surface area contributed by atoms with E-state index in [-0.39, 0.29) is 5.75 Å². The standard InChI is InChI=1S/C12H17NO2.C2H2O4/c1-15-11-6-4-5-10(12(11)14)9-13-7-2-3-8-13;3-1(4)2(5)6/h4-6,14H,2-3,7-9H2,1H3;(H,3,4)(H,5,6). The van der Waals surface area contributed by atoms with E-state index in [2.05, 4.69) is 4.90 Å². The van der Waals surface area contributed by atoms with E-state index in [4.69, 9.17) is 24.5 Å². The number of carbonyl (C=O) groups is 2. The zero-order valence-corrected chi connectivity index (χ0v) is 11.8. The number of aromatic hydroxyl groups is 1. The Labute approximate surface area is 122 Å². The molecule has 1 fully saturated rings. The van der Waals surface area contributed by atoms with Crippen LogP contribution in [0.3, 0.4) is 0 Å². The molecule has 0 aromatic heterocycles. The molecule has 1 heterocycles. The lowest BCUT2D eigenvalue weighted by atomic mass is 10.2. The van der Waals surface area contributed by atoms with E-state index >= 15 is 0 Å². The average molecular weight is 297 g/mol. The first kappa shape index (κ1) is 16.8. The molecule has 0 aliphatic carbocycles. The zero-order chi connectivity index (χ0) is 15.8. The first-order chi connectivity index (χ1) is 9.95. The van der Waals surface area contributed by atoms with Crippen LogP contribution in [0.15, 0.2) is 18.2 Å². The average Bonchev–Trinajstić information content (AvgIpc) is 2.95. The van der Waals surface area contributed by atoms with Crippen LogP contribution in [0.4, 0.5) is 0 Å². The molecule has 0 amide bonds. The van der Waals surface area contributed by atoms with Crippen molar-refractivity contribution in [1.82, 2.24) is 4.90 Å². The van der Waals surface area contributed by atoms with E-state index in [1.54, 1.807) is 13.2 Å². The molecular formula is C14H19NO6. The van der Waals surface area contributed by atoms with Gasteiger partial charge < -0.3 is 20.1 Å². The number of benzene rings is 1. The molecule has 0 radical (unpaired) electrons. The lowest BCUT2D eigenvalue weighted by Gasteiger charge is -2.16. The first-order valence-corrected chi connectivity index (χ1v) is 6.49. The van der Waals surface area contributed by atoms with Gasteiger partial charge in [0.05, 0.1) is 7.11 Å². The fourth-order valence-electron chi connectivity index (χ4n) is 2.04. The van der Waals surface area contributed by atoms with Crippen molar-refractivity contribution in [3.05, 3.63) is 23.8 Å². The maximum atomic E-state index is 9.90. The first-order valence-electron chi connectivity index (χ1n) is 6.49. The molecule has 1 aromatic carbocycles.